The number of ether oxygens (including phenoxy) is 1. The predicted octanol–water partition coefficient (Wildman–Crippen LogP) is 2.40. The number of nitrogens with one attached hydrogen (secondary N) is 1. The topological polar surface area (TPSA) is 78.9 Å². The minimum atomic E-state index is -0.438. The first-order valence-corrected chi connectivity index (χ1v) is 9.60. The number of hydrogen-bond donors (Lipinski definition) is 2. The highest BCUT2D eigenvalue weighted by atomic mass is 35.5. The van der Waals surface area contributed by atoms with Crippen molar-refractivity contribution >= 4 is 23.4 Å². The van der Waals surface area contributed by atoms with E-state index in [-0.39, 0.29) is 18.4 Å². The highest BCUT2D eigenvalue weighted by Crippen LogP contribution is 2.39. The van der Waals surface area contributed by atoms with E-state index in [0.29, 0.717) is 37.6 Å². The highest BCUT2D eigenvalue weighted by Gasteiger charge is 2.41. The lowest BCUT2D eigenvalue weighted by Crippen LogP contribution is -2.50. The van der Waals surface area contributed by atoms with Crippen LogP contribution >= 0.6 is 11.6 Å². The number of benzene rings is 1. The first-order chi connectivity index (χ1) is 12.8. The first-order valence-electron chi connectivity index (χ1n) is 9.22. The van der Waals surface area contributed by atoms with Crippen LogP contribution in [0, 0.1) is 11.3 Å². The average molecular weight is 397 g/mol. The van der Waals surface area contributed by atoms with Crippen LogP contribution in [0.1, 0.15) is 38.3 Å². The third-order valence-corrected chi connectivity index (χ3v) is 5.32. The van der Waals surface area contributed by atoms with Gasteiger partial charge in [0, 0.05) is 43.7 Å². The zero-order valence-corrected chi connectivity index (χ0v) is 17.0. The molecule has 1 heterocycles. The SMILES string of the molecule is COCCN1C(=O)CC[C@@H](C(=O)NCC(C)(C)CO)[C@@H]1c1ccccc1Cl. The highest BCUT2D eigenvalue weighted by molar-refractivity contribution is 6.31. The van der Waals surface area contributed by atoms with Crippen molar-refractivity contribution < 1.29 is 19.4 Å². The van der Waals surface area contributed by atoms with Gasteiger partial charge in [-0.2, -0.15) is 0 Å². The maximum absolute atomic E-state index is 13.0. The molecule has 0 aliphatic carbocycles. The molecular weight excluding hydrogens is 368 g/mol. The Morgan fingerprint density at radius 2 is 2.11 bits per heavy atom. The van der Waals surface area contributed by atoms with E-state index in [1.165, 1.54) is 0 Å². The molecule has 2 amide bonds. The molecule has 6 nitrogen and oxygen atoms in total. The number of amides is 2. The lowest BCUT2D eigenvalue weighted by Gasteiger charge is -2.41. The molecule has 0 spiro atoms. The molecule has 2 atom stereocenters. The van der Waals surface area contributed by atoms with Crippen molar-refractivity contribution in [3.63, 3.8) is 0 Å². The molecule has 1 aliphatic rings. The molecule has 0 radical (unpaired) electrons. The molecule has 1 saturated heterocycles. The Labute approximate surface area is 165 Å². The second-order valence-corrected chi connectivity index (χ2v) is 8.14. The standard InChI is InChI=1S/C20H29ClN2O4/c1-20(2,13-24)12-22-19(26)15-8-9-17(25)23(10-11-27-3)18(15)14-6-4-5-7-16(14)21/h4-7,15,18,24H,8-13H2,1-3H3,(H,22,26)/t15-,18+/m1/s1. The summed E-state index contributed by atoms with van der Waals surface area (Å²) in [6, 6.07) is 6.89. The van der Waals surface area contributed by atoms with Gasteiger partial charge in [-0.25, -0.2) is 0 Å². The predicted molar refractivity (Wildman–Crippen MR) is 104 cm³/mol. The van der Waals surface area contributed by atoms with Crippen LogP contribution in [-0.4, -0.2) is 55.2 Å². The maximum Gasteiger partial charge on any atom is 0.225 e. The van der Waals surface area contributed by atoms with Gasteiger partial charge in [0.05, 0.1) is 18.6 Å². The first kappa shape index (κ1) is 21.7. The fourth-order valence-electron chi connectivity index (χ4n) is 3.29. The van der Waals surface area contributed by atoms with Crippen molar-refractivity contribution in [1.29, 1.82) is 0 Å². The minimum absolute atomic E-state index is 0.00305. The quantitative estimate of drug-likeness (QED) is 0.707. The van der Waals surface area contributed by atoms with E-state index in [9.17, 15) is 14.7 Å². The van der Waals surface area contributed by atoms with Crippen molar-refractivity contribution in [1.82, 2.24) is 10.2 Å². The lowest BCUT2D eigenvalue weighted by molar-refractivity contribution is -0.144. The summed E-state index contributed by atoms with van der Waals surface area (Å²) in [5.74, 6) is -0.540. The van der Waals surface area contributed by atoms with Crippen molar-refractivity contribution in [2.45, 2.75) is 32.7 Å². The molecule has 1 aliphatic heterocycles. The number of carbonyl (C=O) groups excluding carboxylic acids is 2. The number of likely N-dealkylation sites (tertiary alicyclic amines) is 1. The number of piperidine rings is 1. The van der Waals surface area contributed by atoms with Gasteiger partial charge in [-0.05, 0) is 18.1 Å². The Bertz CT molecular complexity index is 665. The van der Waals surface area contributed by atoms with E-state index < -0.39 is 17.4 Å². The molecule has 0 bridgehead atoms. The summed E-state index contributed by atoms with van der Waals surface area (Å²) >= 11 is 6.41. The average Bonchev–Trinajstić information content (AvgIpc) is 2.65. The zero-order valence-electron chi connectivity index (χ0n) is 16.2. The van der Waals surface area contributed by atoms with Gasteiger partial charge >= 0.3 is 0 Å². The molecule has 2 rings (SSSR count). The molecule has 2 N–H and O–H groups in total. The summed E-state index contributed by atoms with van der Waals surface area (Å²) < 4.78 is 5.15. The smallest absolute Gasteiger partial charge is 0.225 e. The van der Waals surface area contributed by atoms with E-state index in [4.69, 9.17) is 16.3 Å². The number of hydrogen-bond acceptors (Lipinski definition) is 4. The third-order valence-electron chi connectivity index (χ3n) is 4.97. The van der Waals surface area contributed by atoms with Crippen LogP contribution in [0.25, 0.3) is 0 Å². The molecule has 0 unspecified atom stereocenters. The van der Waals surface area contributed by atoms with Crippen molar-refractivity contribution in [2.24, 2.45) is 11.3 Å². The Kier molecular flexibility index (Phi) is 7.65. The van der Waals surface area contributed by atoms with Crippen molar-refractivity contribution in [3.05, 3.63) is 34.9 Å². The zero-order chi connectivity index (χ0) is 20.0. The van der Waals surface area contributed by atoms with E-state index in [1.807, 2.05) is 32.0 Å². The number of methoxy groups -OCH3 is 1. The number of halogens is 1. The third kappa shape index (κ3) is 5.43. The van der Waals surface area contributed by atoms with Gasteiger partial charge in [-0.15, -0.1) is 0 Å². The Morgan fingerprint density at radius 1 is 1.41 bits per heavy atom. The molecule has 1 aromatic rings. The lowest BCUT2D eigenvalue weighted by atomic mass is 9.83. The van der Waals surface area contributed by atoms with Gasteiger partial charge in [-0.1, -0.05) is 43.6 Å². The summed E-state index contributed by atoms with van der Waals surface area (Å²) in [5, 5.41) is 12.9. The van der Waals surface area contributed by atoms with Crippen LogP contribution in [0.15, 0.2) is 24.3 Å². The van der Waals surface area contributed by atoms with Crippen LogP contribution in [0.5, 0.6) is 0 Å². The summed E-state index contributed by atoms with van der Waals surface area (Å²) in [4.78, 5) is 27.3. The van der Waals surface area contributed by atoms with Gasteiger partial charge in [0.1, 0.15) is 0 Å². The van der Waals surface area contributed by atoms with E-state index in [0.717, 1.165) is 5.56 Å². The molecule has 0 saturated carbocycles. The van der Waals surface area contributed by atoms with E-state index >= 15 is 0 Å². The maximum atomic E-state index is 13.0. The number of aliphatic hydroxyl groups excluding tert-OH is 1. The molecule has 1 fully saturated rings. The second-order valence-electron chi connectivity index (χ2n) is 7.73. The number of carbonyl (C=O) groups is 2. The van der Waals surface area contributed by atoms with Crippen LogP contribution in [0.3, 0.4) is 0 Å². The molecular formula is C20H29ClN2O4. The Hall–Kier alpha value is -1.63. The summed E-state index contributed by atoms with van der Waals surface area (Å²) in [6.45, 7) is 4.89. The van der Waals surface area contributed by atoms with E-state index in [2.05, 4.69) is 5.32 Å². The van der Waals surface area contributed by atoms with Crippen molar-refractivity contribution in [2.75, 3.05) is 33.4 Å². The normalized spacial score (nSPS) is 20.6. The van der Waals surface area contributed by atoms with Gasteiger partial charge in [0.15, 0.2) is 0 Å². The van der Waals surface area contributed by atoms with Crippen LogP contribution < -0.4 is 5.32 Å². The monoisotopic (exact) mass is 396 g/mol. The second kappa shape index (κ2) is 9.53. The van der Waals surface area contributed by atoms with Gasteiger partial charge in [-0.3, -0.25) is 9.59 Å². The largest absolute Gasteiger partial charge is 0.396 e. The summed E-state index contributed by atoms with van der Waals surface area (Å²) in [7, 11) is 1.58. The molecule has 150 valence electrons. The fourth-order valence-corrected chi connectivity index (χ4v) is 3.54. The van der Waals surface area contributed by atoms with Gasteiger partial charge in [0.25, 0.3) is 0 Å². The van der Waals surface area contributed by atoms with Gasteiger partial charge in [0.2, 0.25) is 11.8 Å². The van der Waals surface area contributed by atoms with E-state index in [1.54, 1.807) is 18.1 Å². The summed E-state index contributed by atoms with van der Waals surface area (Å²) in [6.07, 6.45) is 0.774. The van der Waals surface area contributed by atoms with Crippen molar-refractivity contribution in [3.8, 4) is 0 Å². The minimum Gasteiger partial charge on any atom is -0.396 e. The molecule has 0 aromatic heterocycles. The molecule has 1 aromatic carbocycles. The Morgan fingerprint density at radius 3 is 2.74 bits per heavy atom. The Balaban J connectivity index is 2.31. The van der Waals surface area contributed by atoms with Gasteiger partial charge < -0.3 is 20.1 Å². The number of rotatable bonds is 8. The number of nitrogens with zero attached hydrogens (tertiary/aromatic N) is 1. The van der Waals surface area contributed by atoms with Crippen LogP contribution in [-0.2, 0) is 14.3 Å². The molecule has 27 heavy (non-hydrogen) atoms. The van der Waals surface area contributed by atoms with Crippen LogP contribution in [0.4, 0.5) is 0 Å². The summed E-state index contributed by atoms with van der Waals surface area (Å²) in [5.41, 5.74) is 0.361. The fraction of sp³-hybridized carbons (Fsp3) is 0.600. The molecule has 7 heteroatoms. The van der Waals surface area contributed by atoms with Crippen LogP contribution in [0.2, 0.25) is 5.02 Å². The number of aliphatic hydroxyl groups is 1.